The molecule has 1 fully saturated rings. The fourth-order valence-electron chi connectivity index (χ4n) is 3.07. The van der Waals surface area contributed by atoms with Crippen molar-refractivity contribution in [2.75, 3.05) is 31.7 Å². The molecule has 0 bridgehead atoms. The summed E-state index contributed by atoms with van der Waals surface area (Å²) in [4.78, 5) is 6.97. The molecule has 0 aliphatic carbocycles. The Kier molecular flexibility index (Phi) is 6.66. The van der Waals surface area contributed by atoms with Crippen LogP contribution in [0.25, 0.3) is 0 Å². The maximum absolute atomic E-state index is 5.90. The van der Waals surface area contributed by atoms with Crippen molar-refractivity contribution in [2.24, 2.45) is 11.1 Å². The first-order valence-corrected chi connectivity index (χ1v) is 9.16. The highest BCUT2D eigenvalue weighted by atomic mass is 35.5. The van der Waals surface area contributed by atoms with Gasteiger partial charge >= 0.3 is 0 Å². The zero-order chi connectivity index (χ0) is 18.2. The van der Waals surface area contributed by atoms with Crippen LogP contribution in [0.1, 0.15) is 24.8 Å². The molecule has 0 atom stereocenters. The summed E-state index contributed by atoms with van der Waals surface area (Å²) in [7, 11) is 1.53. The van der Waals surface area contributed by atoms with E-state index in [2.05, 4.69) is 20.3 Å². The molecule has 1 aromatic carbocycles. The molecular formula is C19H23ClN4O2. The van der Waals surface area contributed by atoms with Crippen LogP contribution in [0.3, 0.4) is 0 Å². The van der Waals surface area contributed by atoms with Gasteiger partial charge in [-0.15, -0.1) is 10.2 Å². The Labute approximate surface area is 158 Å². The van der Waals surface area contributed by atoms with Gasteiger partial charge in [0, 0.05) is 13.1 Å². The molecule has 1 saturated heterocycles. The molecule has 0 saturated carbocycles. The minimum atomic E-state index is 0.429. The van der Waals surface area contributed by atoms with E-state index in [1.54, 1.807) is 12.3 Å². The molecule has 7 heteroatoms. The monoisotopic (exact) mass is 374 g/mol. The van der Waals surface area contributed by atoms with Crippen LogP contribution in [0.2, 0.25) is 5.15 Å². The summed E-state index contributed by atoms with van der Waals surface area (Å²) in [6.45, 7) is 2.70. The van der Waals surface area contributed by atoms with Gasteiger partial charge in [0.1, 0.15) is 12.9 Å². The quantitative estimate of drug-likeness (QED) is 0.545. The van der Waals surface area contributed by atoms with Gasteiger partial charge in [0.05, 0.1) is 12.8 Å². The molecule has 1 aliphatic rings. The first-order chi connectivity index (χ1) is 12.7. The van der Waals surface area contributed by atoms with Crippen LogP contribution >= 0.6 is 11.6 Å². The number of hydrogen-bond acceptors (Lipinski definition) is 6. The third kappa shape index (κ3) is 5.33. The molecule has 6 nitrogen and oxygen atoms in total. The number of ether oxygens (including phenoxy) is 1. The summed E-state index contributed by atoms with van der Waals surface area (Å²) in [6.07, 6.45) is 4.99. The highest BCUT2D eigenvalue weighted by molar-refractivity contribution is 6.29. The lowest BCUT2D eigenvalue weighted by molar-refractivity contribution is 0.215. The molecule has 3 rings (SSSR count). The van der Waals surface area contributed by atoms with Gasteiger partial charge < -0.3 is 14.5 Å². The standard InChI is InChI=1S/C19H23ClN4O2/c1-25-21-14-16-3-2-4-17(13-16)26-12-9-15-7-10-24(11-8-15)19-6-5-18(20)22-23-19/h2-6,13-15H,7-12H2,1H3/b21-14+. The molecule has 1 aromatic heterocycles. The average Bonchev–Trinajstić information content (AvgIpc) is 2.68. The number of nitrogens with zero attached hydrogens (tertiary/aromatic N) is 4. The Morgan fingerprint density at radius 1 is 1.23 bits per heavy atom. The number of oxime groups is 1. The van der Waals surface area contributed by atoms with E-state index in [1.807, 2.05) is 30.3 Å². The Morgan fingerprint density at radius 2 is 2.08 bits per heavy atom. The first-order valence-electron chi connectivity index (χ1n) is 8.78. The molecule has 2 aromatic rings. The molecule has 0 amide bonds. The van der Waals surface area contributed by atoms with Crippen molar-refractivity contribution in [1.29, 1.82) is 0 Å². The number of rotatable bonds is 7. The van der Waals surface area contributed by atoms with E-state index in [0.717, 1.165) is 56.1 Å². The Bertz CT molecular complexity index is 716. The van der Waals surface area contributed by atoms with Crippen molar-refractivity contribution < 1.29 is 9.57 Å². The van der Waals surface area contributed by atoms with Gasteiger partial charge in [-0.25, -0.2) is 0 Å². The van der Waals surface area contributed by atoms with Gasteiger partial charge in [0.2, 0.25) is 0 Å². The molecule has 2 heterocycles. The Hall–Kier alpha value is -2.34. The van der Waals surface area contributed by atoms with Gasteiger partial charge in [-0.2, -0.15) is 0 Å². The van der Waals surface area contributed by atoms with Crippen molar-refractivity contribution in [1.82, 2.24) is 10.2 Å². The number of piperidine rings is 1. The van der Waals surface area contributed by atoms with Crippen LogP contribution in [-0.4, -0.2) is 43.2 Å². The number of hydrogen-bond donors (Lipinski definition) is 0. The zero-order valence-electron chi connectivity index (χ0n) is 14.8. The summed E-state index contributed by atoms with van der Waals surface area (Å²) in [5, 5.41) is 12.3. The highest BCUT2D eigenvalue weighted by Gasteiger charge is 2.20. The fraction of sp³-hybridized carbons (Fsp3) is 0.421. The molecule has 0 radical (unpaired) electrons. The zero-order valence-corrected chi connectivity index (χ0v) is 15.6. The molecule has 0 N–H and O–H groups in total. The lowest BCUT2D eigenvalue weighted by Crippen LogP contribution is -2.34. The van der Waals surface area contributed by atoms with Crippen molar-refractivity contribution in [3.8, 4) is 5.75 Å². The highest BCUT2D eigenvalue weighted by Crippen LogP contribution is 2.24. The SMILES string of the molecule is CO/N=C/c1cccc(OCCC2CCN(c3ccc(Cl)nn3)CC2)c1. The average molecular weight is 375 g/mol. The van der Waals surface area contributed by atoms with Crippen LogP contribution in [-0.2, 0) is 4.84 Å². The predicted octanol–water partition coefficient (Wildman–Crippen LogP) is 3.80. The minimum absolute atomic E-state index is 0.429. The van der Waals surface area contributed by atoms with Crippen molar-refractivity contribution >= 4 is 23.6 Å². The third-order valence-electron chi connectivity index (χ3n) is 4.52. The normalized spacial score (nSPS) is 15.4. The van der Waals surface area contributed by atoms with Crippen LogP contribution in [0, 0.1) is 5.92 Å². The van der Waals surface area contributed by atoms with Crippen molar-refractivity contribution in [2.45, 2.75) is 19.3 Å². The molecule has 1 aliphatic heterocycles. The van der Waals surface area contributed by atoms with Crippen molar-refractivity contribution in [3.63, 3.8) is 0 Å². The molecule has 0 spiro atoms. The van der Waals surface area contributed by atoms with Gasteiger partial charge in [-0.05, 0) is 55.0 Å². The van der Waals surface area contributed by atoms with E-state index < -0.39 is 0 Å². The van der Waals surface area contributed by atoms with E-state index in [4.69, 9.17) is 21.2 Å². The van der Waals surface area contributed by atoms with Gasteiger partial charge in [0.25, 0.3) is 0 Å². The van der Waals surface area contributed by atoms with E-state index in [1.165, 1.54) is 7.11 Å². The van der Waals surface area contributed by atoms with E-state index >= 15 is 0 Å². The minimum Gasteiger partial charge on any atom is -0.494 e. The molecule has 26 heavy (non-hydrogen) atoms. The lowest BCUT2D eigenvalue weighted by Gasteiger charge is -2.32. The summed E-state index contributed by atoms with van der Waals surface area (Å²) < 4.78 is 5.90. The summed E-state index contributed by atoms with van der Waals surface area (Å²) >= 11 is 5.80. The maximum Gasteiger partial charge on any atom is 0.151 e. The van der Waals surface area contributed by atoms with Crippen LogP contribution in [0.15, 0.2) is 41.6 Å². The second-order valence-electron chi connectivity index (χ2n) is 6.27. The van der Waals surface area contributed by atoms with Gasteiger partial charge in [-0.3, -0.25) is 0 Å². The molecule has 0 unspecified atom stereocenters. The maximum atomic E-state index is 5.90. The van der Waals surface area contributed by atoms with Crippen LogP contribution < -0.4 is 9.64 Å². The van der Waals surface area contributed by atoms with Crippen LogP contribution in [0.4, 0.5) is 5.82 Å². The van der Waals surface area contributed by atoms with Crippen molar-refractivity contribution in [3.05, 3.63) is 47.1 Å². The summed E-state index contributed by atoms with van der Waals surface area (Å²) in [6, 6.07) is 11.6. The second kappa shape index (κ2) is 9.38. The van der Waals surface area contributed by atoms with Gasteiger partial charge in [-0.1, -0.05) is 28.9 Å². The Morgan fingerprint density at radius 3 is 2.81 bits per heavy atom. The lowest BCUT2D eigenvalue weighted by atomic mass is 9.94. The topological polar surface area (TPSA) is 59.8 Å². The first kappa shape index (κ1) is 18.5. The number of aromatic nitrogens is 2. The summed E-state index contributed by atoms with van der Waals surface area (Å²) in [5.41, 5.74) is 0.960. The van der Waals surface area contributed by atoms with Gasteiger partial charge in [0.15, 0.2) is 11.0 Å². The smallest absolute Gasteiger partial charge is 0.151 e. The van der Waals surface area contributed by atoms with E-state index in [0.29, 0.717) is 11.1 Å². The second-order valence-corrected chi connectivity index (χ2v) is 6.66. The predicted molar refractivity (Wildman–Crippen MR) is 103 cm³/mol. The number of benzene rings is 1. The Balaban J connectivity index is 1.41. The fourth-order valence-corrected chi connectivity index (χ4v) is 3.17. The largest absolute Gasteiger partial charge is 0.494 e. The van der Waals surface area contributed by atoms with E-state index in [-0.39, 0.29) is 0 Å². The summed E-state index contributed by atoms with van der Waals surface area (Å²) in [5.74, 6) is 2.43. The third-order valence-corrected chi connectivity index (χ3v) is 4.72. The number of anilines is 1. The van der Waals surface area contributed by atoms with E-state index in [9.17, 15) is 0 Å². The molecular weight excluding hydrogens is 352 g/mol. The van der Waals surface area contributed by atoms with Crippen LogP contribution in [0.5, 0.6) is 5.75 Å². The molecule has 138 valence electrons. The number of halogens is 1.